The van der Waals surface area contributed by atoms with E-state index < -0.39 is 0 Å². The van der Waals surface area contributed by atoms with Crippen molar-refractivity contribution in [2.75, 3.05) is 27.2 Å². The second-order valence-electron chi connectivity index (χ2n) is 5.66. The summed E-state index contributed by atoms with van der Waals surface area (Å²) in [5.41, 5.74) is 2.52. The van der Waals surface area contributed by atoms with E-state index in [0.29, 0.717) is 18.8 Å². The molecule has 2 aromatic heterocycles. The molecule has 0 fully saturated rings. The molecule has 0 bridgehead atoms. The van der Waals surface area contributed by atoms with Gasteiger partial charge in [-0.05, 0) is 26.2 Å². The van der Waals surface area contributed by atoms with Gasteiger partial charge in [0.25, 0.3) is 5.91 Å². The van der Waals surface area contributed by atoms with E-state index in [1.807, 2.05) is 31.1 Å². The van der Waals surface area contributed by atoms with Gasteiger partial charge in [-0.2, -0.15) is 5.10 Å². The number of nitrogens with one attached hydrogen (secondary N) is 3. The van der Waals surface area contributed by atoms with Crippen LogP contribution in [0, 0.1) is 0 Å². The second-order valence-corrected chi connectivity index (χ2v) is 5.66. The van der Waals surface area contributed by atoms with Crippen LogP contribution in [0.3, 0.4) is 0 Å². The van der Waals surface area contributed by atoms with Crippen LogP contribution in [0.25, 0.3) is 0 Å². The summed E-state index contributed by atoms with van der Waals surface area (Å²) in [5.74, 6) is 0.677. The quantitative estimate of drug-likeness (QED) is 0.759. The highest BCUT2D eigenvalue weighted by molar-refractivity contribution is 5.94. The lowest BCUT2D eigenvalue weighted by Crippen LogP contribution is -2.35. The molecule has 7 nitrogen and oxygen atoms in total. The first-order chi connectivity index (χ1) is 10.7. The molecule has 3 heterocycles. The number of rotatable bonds is 5. The van der Waals surface area contributed by atoms with Crippen LogP contribution in [0.5, 0.6) is 0 Å². The fraction of sp³-hybridized carbons (Fsp3) is 0.467. The molecule has 1 aliphatic rings. The zero-order chi connectivity index (χ0) is 15.5. The number of H-pyrrole nitrogens is 1. The first kappa shape index (κ1) is 17.5. The molecule has 3 rings (SSSR count). The minimum atomic E-state index is -0.153. The molecule has 126 valence electrons. The van der Waals surface area contributed by atoms with Gasteiger partial charge < -0.3 is 15.1 Å². The number of hydrogen-bond acceptors (Lipinski definition) is 5. The summed E-state index contributed by atoms with van der Waals surface area (Å²) in [5, 5.41) is 13.4. The fourth-order valence-electron chi connectivity index (χ4n) is 2.70. The number of aromatic amines is 1. The van der Waals surface area contributed by atoms with Crippen molar-refractivity contribution in [3.05, 3.63) is 41.1 Å². The first-order valence-corrected chi connectivity index (χ1v) is 7.41. The van der Waals surface area contributed by atoms with Gasteiger partial charge in [0, 0.05) is 37.3 Å². The van der Waals surface area contributed by atoms with Crippen LogP contribution in [0.15, 0.2) is 22.8 Å². The normalized spacial score (nSPS) is 14.9. The Labute approximate surface area is 141 Å². The van der Waals surface area contributed by atoms with Gasteiger partial charge in [0.15, 0.2) is 5.69 Å². The summed E-state index contributed by atoms with van der Waals surface area (Å²) in [4.78, 5) is 14.4. The van der Waals surface area contributed by atoms with Crippen LogP contribution < -0.4 is 10.6 Å². The van der Waals surface area contributed by atoms with Gasteiger partial charge in [0.05, 0.1) is 12.3 Å². The van der Waals surface area contributed by atoms with Gasteiger partial charge in [-0.3, -0.25) is 14.8 Å². The number of halogens is 1. The van der Waals surface area contributed by atoms with Gasteiger partial charge in [0.2, 0.25) is 0 Å². The van der Waals surface area contributed by atoms with Crippen molar-refractivity contribution in [1.82, 2.24) is 25.7 Å². The van der Waals surface area contributed by atoms with Crippen LogP contribution in [0.2, 0.25) is 0 Å². The van der Waals surface area contributed by atoms with E-state index >= 15 is 0 Å². The van der Waals surface area contributed by atoms with Gasteiger partial charge in [-0.1, -0.05) is 0 Å². The number of aromatic nitrogens is 2. The lowest BCUT2D eigenvalue weighted by molar-refractivity contribution is 0.0933. The number of nitrogens with zero attached hydrogens (tertiary/aromatic N) is 2. The van der Waals surface area contributed by atoms with Gasteiger partial charge >= 0.3 is 0 Å². The minimum absolute atomic E-state index is 0. The number of carbonyl (C=O) groups is 1. The monoisotopic (exact) mass is 339 g/mol. The molecule has 1 atom stereocenters. The van der Waals surface area contributed by atoms with Crippen molar-refractivity contribution in [1.29, 1.82) is 0 Å². The Kier molecular flexibility index (Phi) is 5.81. The summed E-state index contributed by atoms with van der Waals surface area (Å²) < 4.78 is 5.45. The molecular formula is C15H22ClN5O2. The Morgan fingerprint density at radius 1 is 1.52 bits per heavy atom. The van der Waals surface area contributed by atoms with Crippen LogP contribution in [-0.4, -0.2) is 48.2 Å². The summed E-state index contributed by atoms with van der Waals surface area (Å²) in [6, 6.07) is 3.76. The van der Waals surface area contributed by atoms with E-state index in [0.717, 1.165) is 30.0 Å². The summed E-state index contributed by atoms with van der Waals surface area (Å²) in [7, 11) is 3.92. The zero-order valence-corrected chi connectivity index (χ0v) is 14.1. The van der Waals surface area contributed by atoms with Crippen LogP contribution in [0.4, 0.5) is 0 Å². The third-order valence-electron chi connectivity index (χ3n) is 3.97. The zero-order valence-electron chi connectivity index (χ0n) is 13.3. The highest BCUT2D eigenvalue weighted by Crippen LogP contribution is 2.19. The molecule has 0 radical (unpaired) electrons. The van der Waals surface area contributed by atoms with Crippen LogP contribution in [-0.2, 0) is 13.0 Å². The highest BCUT2D eigenvalue weighted by Gasteiger charge is 2.23. The maximum atomic E-state index is 12.4. The molecule has 0 aliphatic carbocycles. The summed E-state index contributed by atoms with van der Waals surface area (Å²) in [6.45, 7) is 2.07. The Balaban J connectivity index is 0.00000192. The Hall–Kier alpha value is -1.83. The molecule has 3 N–H and O–H groups in total. The fourth-order valence-corrected chi connectivity index (χ4v) is 2.70. The molecule has 0 spiro atoms. The smallest absolute Gasteiger partial charge is 0.272 e. The van der Waals surface area contributed by atoms with Crippen molar-refractivity contribution in [2.45, 2.75) is 19.0 Å². The van der Waals surface area contributed by atoms with Crippen LogP contribution >= 0.6 is 12.4 Å². The third-order valence-corrected chi connectivity index (χ3v) is 3.97. The lowest BCUT2D eigenvalue weighted by atomic mass is 10.1. The predicted molar refractivity (Wildman–Crippen MR) is 88.7 cm³/mol. The standard InChI is InChI=1S/C15H21N5O2.ClH/c1-20(2)12(13-4-3-7-22-13)9-17-15(21)14-10-8-16-6-5-11(10)18-19-14;/h3-4,7,12,16H,5-6,8-9H2,1-2H3,(H,17,21)(H,18,19);1H. The summed E-state index contributed by atoms with van der Waals surface area (Å²) >= 11 is 0. The lowest BCUT2D eigenvalue weighted by Gasteiger charge is -2.22. The van der Waals surface area contributed by atoms with Gasteiger partial charge in [-0.25, -0.2) is 0 Å². The van der Waals surface area contributed by atoms with Gasteiger partial charge in [0.1, 0.15) is 5.76 Å². The van der Waals surface area contributed by atoms with Crippen LogP contribution in [0.1, 0.15) is 33.5 Å². The molecule has 2 aromatic rings. The summed E-state index contributed by atoms with van der Waals surface area (Å²) in [6.07, 6.45) is 2.52. The molecule has 0 aromatic carbocycles. The minimum Gasteiger partial charge on any atom is -0.468 e. The maximum Gasteiger partial charge on any atom is 0.272 e. The van der Waals surface area contributed by atoms with E-state index in [4.69, 9.17) is 4.42 Å². The molecule has 1 aliphatic heterocycles. The SMILES string of the molecule is CN(C)C(CNC(=O)c1n[nH]c2c1CNCC2)c1ccco1.Cl. The number of furan rings is 1. The number of likely N-dealkylation sites (N-methyl/N-ethyl adjacent to an activating group) is 1. The van der Waals surface area contributed by atoms with E-state index in [1.165, 1.54) is 0 Å². The topological polar surface area (TPSA) is 86.2 Å². The van der Waals surface area contributed by atoms with Crippen molar-refractivity contribution >= 4 is 18.3 Å². The Bertz CT molecular complexity index is 638. The van der Waals surface area contributed by atoms with Crippen molar-refractivity contribution in [2.24, 2.45) is 0 Å². The second kappa shape index (κ2) is 7.63. The predicted octanol–water partition coefficient (Wildman–Crippen LogP) is 1.10. The molecule has 1 unspecified atom stereocenters. The van der Waals surface area contributed by atoms with E-state index in [-0.39, 0.29) is 24.4 Å². The molecule has 23 heavy (non-hydrogen) atoms. The molecule has 8 heteroatoms. The number of fused-ring (bicyclic) bond motifs is 1. The van der Waals surface area contributed by atoms with E-state index in [9.17, 15) is 4.79 Å². The Morgan fingerprint density at radius 2 is 2.35 bits per heavy atom. The van der Waals surface area contributed by atoms with Crippen molar-refractivity contribution in [3.63, 3.8) is 0 Å². The van der Waals surface area contributed by atoms with E-state index in [2.05, 4.69) is 20.8 Å². The van der Waals surface area contributed by atoms with Crippen molar-refractivity contribution < 1.29 is 9.21 Å². The largest absolute Gasteiger partial charge is 0.468 e. The highest BCUT2D eigenvalue weighted by atomic mass is 35.5. The average molecular weight is 340 g/mol. The molecule has 1 amide bonds. The molecule has 0 saturated heterocycles. The number of carbonyl (C=O) groups excluding carboxylic acids is 1. The maximum absolute atomic E-state index is 12.4. The van der Waals surface area contributed by atoms with Gasteiger partial charge in [-0.15, -0.1) is 12.4 Å². The van der Waals surface area contributed by atoms with Crippen molar-refractivity contribution in [3.8, 4) is 0 Å². The first-order valence-electron chi connectivity index (χ1n) is 7.41. The third kappa shape index (κ3) is 3.74. The molecular weight excluding hydrogens is 318 g/mol. The van der Waals surface area contributed by atoms with E-state index in [1.54, 1.807) is 6.26 Å². The number of hydrogen-bond donors (Lipinski definition) is 3. The molecule has 0 saturated carbocycles. The Morgan fingerprint density at radius 3 is 3.04 bits per heavy atom. The number of amides is 1. The average Bonchev–Trinajstić information content (AvgIpc) is 3.16.